The lowest BCUT2D eigenvalue weighted by Gasteiger charge is -2.38. The molecule has 1 aromatic rings. The van der Waals surface area contributed by atoms with Crippen LogP contribution in [0.4, 0.5) is 0 Å². The number of pyridine rings is 1. The summed E-state index contributed by atoms with van der Waals surface area (Å²) in [5.41, 5.74) is 2.28. The van der Waals surface area contributed by atoms with Crippen LogP contribution >= 0.6 is 0 Å². The summed E-state index contributed by atoms with van der Waals surface area (Å²) >= 11 is 0. The fourth-order valence-corrected chi connectivity index (χ4v) is 4.30. The van der Waals surface area contributed by atoms with Crippen molar-refractivity contribution < 1.29 is 14.3 Å². The van der Waals surface area contributed by atoms with E-state index in [1.54, 1.807) is 0 Å². The molecule has 3 aliphatic rings. The second kappa shape index (κ2) is 4.92. The van der Waals surface area contributed by atoms with Crippen molar-refractivity contribution in [2.75, 3.05) is 0 Å². The summed E-state index contributed by atoms with van der Waals surface area (Å²) in [6.45, 7) is 4.61. The number of carbonyl (C=O) groups is 1. The number of carbonyl (C=O) groups excluding carboxylic acids is 1. The molecule has 1 unspecified atom stereocenters. The molecule has 0 bridgehead atoms. The zero-order valence-corrected chi connectivity index (χ0v) is 13.0. The van der Waals surface area contributed by atoms with Crippen molar-refractivity contribution in [3.8, 4) is 0 Å². The maximum atomic E-state index is 12.2. The molecule has 2 aliphatic carbocycles. The normalized spacial score (nSPS) is 36.0. The zero-order chi connectivity index (χ0) is 15.3. The van der Waals surface area contributed by atoms with E-state index in [0.29, 0.717) is 18.4 Å². The maximum Gasteiger partial charge on any atom is 0.337 e. The average molecular weight is 299 g/mol. The Labute approximate surface area is 130 Å². The van der Waals surface area contributed by atoms with Crippen LogP contribution in [0.5, 0.6) is 0 Å². The van der Waals surface area contributed by atoms with Crippen LogP contribution in [0.25, 0.3) is 0 Å². The standard InChI is InChI=1S/C18H21NO3/c1-11-7-14-5-6-16-18(14,15(8-11)17(20)22-16)21-10-13-4-3-12(2)19-9-13/h3-4,8-9,11,14,16H,5-7,10H2,1-2H3/t11-,14?,16+,18-/m0/s1. The van der Waals surface area contributed by atoms with Crippen LogP contribution in [-0.2, 0) is 20.9 Å². The van der Waals surface area contributed by atoms with Crippen LogP contribution in [-0.4, -0.2) is 22.7 Å². The van der Waals surface area contributed by atoms with E-state index < -0.39 is 5.60 Å². The van der Waals surface area contributed by atoms with E-state index >= 15 is 0 Å². The Morgan fingerprint density at radius 3 is 3.05 bits per heavy atom. The first-order valence-electron chi connectivity index (χ1n) is 8.08. The number of allylic oxidation sites excluding steroid dienone is 1. The average Bonchev–Trinajstić information content (AvgIpc) is 2.97. The summed E-state index contributed by atoms with van der Waals surface area (Å²) in [7, 11) is 0. The van der Waals surface area contributed by atoms with Gasteiger partial charge in [-0.25, -0.2) is 4.79 Å². The molecular formula is C18H21NO3. The van der Waals surface area contributed by atoms with Crippen molar-refractivity contribution >= 4 is 5.97 Å². The number of nitrogens with zero attached hydrogens (tertiary/aromatic N) is 1. The summed E-state index contributed by atoms with van der Waals surface area (Å²) in [6, 6.07) is 4.02. The highest BCUT2D eigenvalue weighted by molar-refractivity contribution is 5.94. The van der Waals surface area contributed by atoms with Gasteiger partial charge in [0.2, 0.25) is 0 Å². The summed E-state index contributed by atoms with van der Waals surface area (Å²) < 4.78 is 12.0. The van der Waals surface area contributed by atoms with Gasteiger partial charge in [0.25, 0.3) is 0 Å². The molecule has 4 heteroatoms. The first-order valence-corrected chi connectivity index (χ1v) is 8.08. The molecule has 2 heterocycles. The van der Waals surface area contributed by atoms with Crippen molar-refractivity contribution in [1.82, 2.24) is 4.98 Å². The number of aromatic nitrogens is 1. The molecule has 0 N–H and O–H groups in total. The monoisotopic (exact) mass is 299 g/mol. The Morgan fingerprint density at radius 1 is 1.41 bits per heavy atom. The van der Waals surface area contributed by atoms with Crippen LogP contribution in [0.2, 0.25) is 0 Å². The van der Waals surface area contributed by atoms with E-state index in [1.807, 2.05) is 25.3 Å². The predicted octanol–water partition coefficient (Wildman–Crippen LogP) is 2.95. The number of hydrogen-bond acceptors (Lipinski definition) is 4. The molecule has 2 fully saturated rings. The van der Waals surface area contributed by atoms with Gasteiger partial charge in [0.1, 0.15) is 11.7 Å². The summed E-state index contributed by atoms with van der Waals surface area (Å²) in [6.07, 6.45) is 6.86. The fourth-order valence-electron chi connectivity index (χ4n) is 4.30. The Bertz CT molecular complexity index is 636. The first kappa shape index (κ1) is 13.9. The van der Waals surface area contributed by atoms with Crippen molar-refractivity contribution in [2.45, 2.75) is 51.4 Å². The van der Waals surface area contributed by atoms with E-state index in [4.69, 9.17) is 9.47 Å². The summed E-state index contributed by atoms with van der Waals surface area (Å²) in [4.78, 5) is 16.5. The number of rotatable bonds is 3. The van der Waals surface area contributed by atoms with Gasteiger partial charge >= 0.3 is 5.97 Å². The van der Waals surface area contributed by atoms with Crippen LogP contribution < -0.4 is 0 Å². The van der Waals surface area contributed by atoms with E-state index in [-0.39, 0.29) is 12.1 Å². The van der Waals surface area contributed by atoms with Gasteiger partial charge in [-0.15, -0.1) is 0 Å². The third-order valence-corrected chi connectivity index (χ3v) is 5.31. The Hall–Kier alpha value is -1.68. The summed E-state index contributed by atoms with van der Waals surface area (Å²) in [5, 5.41) is 0. The number of aryl methyl sites for hydroxylation is 1. The molecule has 1 saturated heterocycles. The molecular weight excluding hydrogens is 278 g/mol. The lowest BCUT2D eigenvalue weighted by atomic mass is 9.73. The highest BCUT2D eigenvalue weighted by Crippen LogP contribution is 2.55. The van der Waals surface area contributed by atoms with Crippen molar-refractivity contribution in [3.63, 3.8) is 0 Å². The molecule has 22 heavy (non-hydrogen) atoms. The molecule has 1 aliphatic heterocycles. The SMILES string of the molecule is Cc1ccc(CO[C@]23C4=C[C@@H](C)CC2CC[C@H]3OC4=O)cn1. The molecule has 1 saturated carbocycles. The smallest absolute Gasteiger partial charge is 0.337 e. The van der Waals surface area contributed by atoms with E-state index in [0.717, 1.165) is 36.1 Å². The number of hydrogen-bond donors (Lipinski definition) is 0. The Morgan fingerprint density at radius 2 is 2.27 bits per heavy atom. The lowest BCUT2D eigenvalue weighted by molar-refractivity contribution is -0.142. The van der Waals surface area contributed by atoms with Crippen molar-refractivity contribution in [3.05, 3.63) is 41.2 Å². The van der Waals surface area contributed by atoms with Gasteiger partial charge in [0.15, 0.2) is 0 Å². The van der Waals surface area contributed by atoms with Gasteiger partial charge in [-0.05, 0) is 49.7 Å². The number of ether oxygens (including phenoxy) is 2. The van der Waals surface area contributed by atoms with Crippen LogP contribution in [0.15, 0.2) is 30.0 Å². The van der Waals surface area contributed by atoms with Crippen LogP contribution in [0.1, 0.15) is 37.4 Å². The van der Waals surface area contributed by atoms with Gasteiger partial charge in [-0.3, -0.25) is 4.98 Å². The molecule has 1 aromatic heterocycles. The third-order valence-electron chi connectivity index (χ3n) is 5.31. The van der Waals surface area contributed by atoms with E-state index in [9.17, 15) is 4.79 Å². The molecule has 4 atom stereocenters. The highest BCUT2D eigenvalue weighted by atomic mass is 16.6. The fraction of sp³-hybridized carbons (Fsp3) is 0.556. The number of esters is 1. The van der Waals surface area contributed by atoms with Crippen LogP contribution in [0.3, 0.4) is 0 Å². The van der Waals surface area contributed by atoms with E-state index in [2.05, 4.69) is 18.0 Å². The van der Waals surface area contributed by atoms with Crippen LogP contribution in [0, 0.1) is 18.8 Å². The summed E-state index contributed by atoms with van der Waals surface area (Å²) in [5.74, 6) is 0.628. The molecule has 0 aromatic carbocycles. The molecule has 0 spiro atoms. The topological polar surface area (TPSA) is 48.4 Å². The van der Waals surface area contributed by atoms with Gasteiger partial charge in [-0.1, -0.05) is 19.1 Å². The largest absolute Gasteiger partial charge is 0.455 e. The maximum absolute atomic E-state index is 12.2. The second-order valence-electron chi connectivity index (χ2n) is 6.85. The highest BCUT2D eigenvalue weighted by Gasteiger charge is 2.63. The molecule has 116 valence electrons. The second-order valence-corrected chi connectivity index (χ2v) is 6.85. The van der Waals surface area contributed by atoms with Gasteiger partial charge in [0, 0.05) is 11.9 Å². The zero-order valence-electron chi connectivity index (χ0n) is 13.0. The predicted molar refractivity (Wildman–Crippen MR) is 81.0 cm³/mol. The molecule has 0 radical (unpaired) electrons. The first-order chi connectivity index (χ1) is 10.6. The Balaban J connectivity index is 1.64. The molecule has 0 amide bonds. The Kier molecular flexibility index (Phi) is 3.12. The minimum Gasteiger partial charge on any atom is -0.455 e. The minimum atomic E-state index is -0.519. The minimum absolute atomic E-state index is 0.109. The molecule has 4 rings (SSSR count). The van der Waals surface area contributed by atoms with Gasteiger partial charge in [-0.2, -0.15) is 0 Å². The third kappa shape index (κ3) is 1.93. The van der Waals surface area contributed by atoms with Gasteiger partial charge < -0.3 is 9.47 Å². The van der Waals surface area contributed by atoms with Crippen molar-refractivity contribution in [2.24, 2.45) is 11.8 Å². The molecule has 4 nitrogen and oxygen atoms in total. The van der Waals surface area contributed by atoms with Gasteiger partial charge in [0.05, 0.1) is 12.2 Å². The lowest BCUT2D eigenvalue weighted by Crippen LogP contribution is -2.46. The quantitative estimate of drug-likeness (QED) is 0.805. The van der Waals surface area contributed by atoms with E-state index in [1.165, 1.54) is 0 Å². The van der Waals surface area contributed by atoms with Crippen molar-refractivity contribution in [1.29, 1.82) is 0 Å².